The van der Waals surface area contributed by atoms with E-state index in [-0.39, 0.29) is 18.0 Å². The van der Waals surface area contributed by atoms with Crippen LogP contribution in [0.3, 0.4) is 0 Å². The Morgan fingerprint density at radius 3 is 2.73 bits per heavy atom. The maximum atomic E-state index is 13.0. The average Bonchev–Trinajstić information content (AvgIpc) is 3.34. The zero-order valence-corrected chi connectivity index (χ0v) is 17.1. The molecule has 1 unspecified atom stereocenters. The first kappa shape index (κ1) is 19.7. The summed E-state index contributed by atoms with van der Waals surface area (Å²) in [5, 5.41) is 10.2. The number of rotatable bonds is 6. The number of aryl methyl sites for hydroxylation is 1. The van der Waals surface area contributed by atoms with Gasteiger partial charge in [0.1, 0.15) is 0 Å². The van der Waals surface area contributed by atoms with Crippen molar-refractivity contribution in [1.29, 1.82) is 0 Å². The van der Waals surface area contributed by atoms with Crippen LogP contribution in [0.25, 0.3) is 0 Å². The lowest BCUT2D eigenvalue weighted by Crippen LogP contribution is -2.29. The lowest BCUT2D eigenvalue weighted by atomic mass is 10.0. The fraction of sp³-hybridized carbons (Fsp3) is 0.261. The van der Waals surface area contributed by atoms with Crippen molar-refractivity contribution in [3.8, 4) is 0 Å². The van der Waals surface area contributed by atoms with Gasteiger partial charge in [-0.25, -0.2) is 4.79 Å². The van der Waals surface area contributed by atoms with Gasteiger partial charge in [0, 0.05) is 32.2 Å². The summed E-state index contributed by atoms with van der Waals surface area (Å²) in [6.45, 7) is 3.22. The van der Waals surface area contributed by atoms with E-state index in [1.54, 1.807) is 15.8 Å². The van der Waals surface area contributed by atoms with Gasteiger partial charge in [-0.05, 0) is 30.2 Å². The van der Waals surface area contributed by atoms with Crippen LogP contribution in [0, 0.1) is 0 Å². The number of urea groups is 1. The molecule has 154 valence electrons. The van der Waals surface area contributed by atoms with E-state index >= 15 is 0 Å². The summed E-state index contributed by atoms with van der Waals surface area (Å²) >= 11 is 0. The highest BCUT2D eigenvalue weighted by Crippen LogP contribution is 2.23. The molecule has 1 saturated heterocycles. The van der Waals surface area contributed by atoms with Crippen molar-refractivity contribution in [1.82, 2.24) is 20.4 Å². The Morgan fingerprint density at radius 1 is 1.20 bits per heavy atom. The van der Waals surface area contributed by atoms with Gasteiger partial charge in [0.25, 0.3) is 5.91 Å². The normalized spacial score (nSPS) is 14.5. The molecule has 2 heterocycles. The van der Waals surface area contributed by atoms with E-state index in [2.05, 4.69) is 15.7 Å². The van der Waals surface area contributed by atoms with Gasteiger partial charge < -0.3 is 10.6 Å². The smallest absolute Gasteiger partial charge is 0.321 e. The van der Waals surface area contributed by atoms with Gasteiger partial charge in [-0.1, -0.05) is 42.5 Å². The summed E-state index contributed by atoms with van der Waals surface area (Å²) < 4.78 is 1.75. The third kappa shape index (κ3) is 4.05. The Bertz CT molecular complexity index is 1060. The number of benzene rings is 2. The van der Waals surface area contributed by atoms with Gasteiger partial charge in [0.2, 0.25) is 0 Å². The Labute approximate surface area is 175 Å². The first-order valence-electron chi connectivity index (χ1n) is 10.0. The summed E-state index contributed by atoms with van der Waals surface area (Å²) in [6.07, 6.45) is 2.25. The maximum Gasteiger partial charge on any atom is 0.321 e. The number of hydrogen-bond acceptors (Lipinski definition) is 3. The summed E-state index contributed by atoms with van der Waals surface area (Å²) in [5.74, 6) is -0.161. The van der Waals surface area contributed by atoms with Gasteiger partial charge in [0.15, 0.2) is 0 Å². The second-order valence-electron chi connectivity index (χ2n) is 7.46. The Morgan fingerprint density at radius 2 is 2.00 bits per heavy atom. The molecule has 3 aromatic rings. The standard InChI is InChI=1S/C23H25N5O2/c1-16(18-9-6-10-19(14-18)28-12-11-24-23(28)30)26-22(29)20-15-25-27(2)21(20)13-17-7-4-3-5-8-17/h3-10,14-16H,11-13H2,1-2H3,(H,24,30)(H,26,29). The zero-order valence-electron chi connectivity index (χ0n) is 17.1. The minimum Gasteiger partial charge on any atom is -0.345 e. The Hall–Kier alpha value is -3.61. The third-order valence-electron chi connectivity index (χ3n) is 5.41. The second kappa shape index (κ2) is 8.41. The quantitative estimate of drug-likeness (QED) is 0.664. The Kier molecular flexibility index (Phi) is 5.52. The predicted octanol–water partition coefficient (Wildman–Crippen LogP) is 3.03. The molecule has 30 heavy (non-hydrogen) atoms. The van der Waals surface area contributed by atoms with Gasteiger partial charge in [-0.2, -0.15) is 5.10 Å². The summed E-state index contributed by atoms with van der Waals surface area (Å²) in [4.78, 5) is 26.7. The molecular formula is C23H25N5O2. The number of amides is 3. The van der Waals surface area contributed by atoms with Crippen LogP contribution in [0.1, 0.15) is 40.1 Å². The fourth-order valence-electron chi connectivity index (χ4n) is 3.69. The number of hydrogen-bond donors (Lipinski definition) is 2. The molecule has 1 fully saturated rings. The molecular weight excluding hydrogens is 378 g/mol. The van der Waals surface area contributed by atoms with Crippen LogP contribution in [-0.2, 0) is 13.5 Å². The molecule has 4 rings (SSSR count). The minimum atomic E-state index is -0.215. The van der Waals surface area contributed by atoms with Crippen molar-refractivity contribution in [2.45, 2.75) is 19.4 Å². The predicted molar refractivity (Wildman–Crippen MR) is 116 cm³/mol. The molecule has 2 N–H and O–H groups in total. The third-order valence-corrected chi connectivity index (χ3v) is 5.41. The Balaban J connectivity index is 1.50. The van der Waals surface area contributed by atoms with Crippen molar-refractivity contribution in [3.05, 3.63) is 83.2 Å². The number of carbonyl (C=O) groups excluding carboxylic acids is 2. The molecule has 3 amide bonds. The van der Waals surface area contributed by atoms with E-state index in [9.17, 15) is 9.59 Å². The molecule has 0 saturated carbocycles. The second-order valence-corrected chi connectivity index (χ2v) is 7.46. The van der Waals surface area contributed by atoms with E-state index < -0.39 is 0 Å². The van der Waals surface area contributed by atoms with Crippen molar-refractivity contribution in [2.24, 2.45) is 7.05 Å². The van der Waals surface area contributed by atoms with E-state index in [1.807, 2.05) is 68.6 Å². The van der Waals surface area contributed by atoms with Crippen molar-refractivity contribution in [2.75, 3.05) is 18.0 Å². The largest absolute Gasteiger partial charge is 0.345 e. The highest BCUT2D eigenvalue weighted by atomic mass is 16.2. The molecule has 0 spiro atoms. The van der Waals surface area contributed by atoms with Crippen LogP contribution in [0.4, 0.5) is 10.5 Å². The lowest BCUT2D eigenvalue weighted by molar-refractivity contribution is 0.0939. The van der Waals surface area contributed by atoms with Crippen LogP contribution in [0.5, 0.6) is 0 Å². The average molecular weight is 403 g/mol. The minimum absolute atomic E-state index is 0.0928. The molecule has 1 aliphatic heterocycles. The van der Waals surface area contributed by atoms with Crippen LogP contribution in [0.15, 0.2) is 60.8 Å². The van der Waals surface area contributed by atoms with E-state index in [1.165, 1.54) is 0 Å². The SMILES string of the molecule is CC(NC(=O)c1cnn(C)c1Cc1ccccc1)c1cccc(N2CCNC2=O)c1. The number of aromatic nitrogens is 2. The topological polar surface area (TPSA) is 79.3 Å². The number of nitrogens with zero attached hydrogens (tertiary/aromatic N) is 3. The van der Waals surface area contributed by atoms with Gasteiger partial charge in [-0.15, -0.1) is 0 Å². The number of nitrogens with one attached hydrogen (secondary N) is 2. The van der Waals surface area contributed by atoms with Crippen molar-refractivity contribution in [3.63, 3.8) is 0 Å². The van der Waals surface area contributed by atoms with Gasteiger partial charge in [-0.3, -0.25) is 14.4 Å². The summed E-state index contributed by atoms with van der Waals surface area (Å²) in [6, 6.07) is 17.4. The summed E-state index contributed by atoms with van der Waals surface area (Å²) in [5.41, 5.74) is 4.33. The summed E-state index contributed by atoms with van der Waals surface area (Å²) in [7, 11) is 1.85. The maximum absolute atomic E-state index is 13.0. The van der Waals surface area contributed by atoms with Gasteiger partial charge >= 0.3 is 6.03 Å². The van der Waals surface area contributed by atoms with Crippen molar-refractivity contribution < 1.29 is 9.59 Å². The molecule has 7 heteroatoms. The van der Waals surface area contributed by atoms with Gasteiger partial charge in [0.05, 0.1) is 23.5 Å². The number of carbonyl (C=O) groups is 2. The first-order chi connectivity index (χ1) is 14.5. The molecule has 1 atom stereocenters. The van der Waals surface area contributed by atoms with E-state index in [4.69, 9.17) is 0 Å². The van der Waals surface area contributed by atoms with Crippen LogP contribution >= 0.6 is 0 Å². The first-order valence-corrected chi connectivity index (χ1v) is 10.0. The highest BCUT2D eigenvalue weighted by molar-refractivity contribution is 5.96. The fourth-order valence-corrected chi connectivity index (χ4v) is 3.69. The zero-order chi connectivity index (χ0) is 21.1. The molecule has 2 aromatic carbocycles. The van der Waals surface area contributed by atoms with E-state index in [0.717, 1.165) is 22.5 Å². The van der Waals surface area contributed by atoms with Crippen molar-refractivity contribution >= 4 is 17.6 Å². The van der Waals surface area contributed by atoms with Crippen LogP contribution in [0.2, 0.25) is 0 Å². The molecule has 1 aliphatic rings. The highest BCUT2D eigenvalue weighted by Gasteiger charge is 2.23. The molecule has 0 radical (unpaired) electrons. The van der Waals surface area contributed by atoms with E-state index in [0.29, 0.717) is 25.1 Å². The number of anilines is 1. The molecule has 1 aromatic heterocycles. The molecule has 7 nitrogen and oxygen atoms in total. The van der Waals surface area contributed by atoms with Crippen LogP contribution < -0.4 is 15.5 Å². The monoisotopic (exact) mass is 403 g/mol. The lowest BCUT2D eigenvalue weighted by Gasteiger charge is -2.19. The molecule has 0 bridgehead atoms. The van der Waals surface area contributed by atoms with Crippen LogP contribution in [-0.4, -0.2) is 34.8 Å². The molecule has 0 aliphatic carbocycles.